The summed E-state index contributed by atoms with van der Waals surface area (Å²) in [6.07, 6.45) is 5.23. The van der Waals surface area contributed by atoms with Gasteiger partial charge >= 0.3 is 0 Å². The minimum Gasteiger partial charge on any atom is -0.344 e. The van der Waals surface area contributed by atoms with Crippen LogP contribution in [0.1, 0.15) is 43.6 Å². The molecular weight excluding hydrogens is 226 g/mol. The van der Waals surface area contributed by atoms with Gasteiger partial charge in [-0.3, -0.25) is 4.79 Å². The molecule has 0 bridgehead atoms. The fraction of sp³-hybridized carbons (Fsp3) is 0.643. The van der Waals surface area contributed by atoms with Crippen LogP contribution >= 0.6 is 0 Å². The molecule has 0 aromatic carbocycles. The molecule has 1 fully saturated rings. The predicted molar refractivity (Wildman–Crippen MR) is 72.4 cm³/mol. The van der Waals surface area contributed by atoms with E-state index in [1.165, 1.54) is 6.42 Å². The molecule has 0 spiro atoms. The number of likely N-dealkylation sites (tertiary alicyclic amines) is 1. The summed E-state index contributed by atoms with van der Waals surface area (Å²) in [5.74, 6) is 0.129. The second-order valence-corrected chi connectivity index (χ2v) is 5.06. The van der Waals surface area contributed by atoms with Crippen LogP contribution in [0, 0.1) is 0 Å². The zero-order valence-electron chi connectivity index (χ0n) is 11.3. The summed E-state index contributed by atoms with van der Waals surface area (Å²) in [5.41, 5.74) is 6.60. The second-order valence-electron chi connectivity index (χ2n) is 5.06. The fourth-order valence-electron chi connectivity index (χ4n) is 2.90. The highest BCUT2D eigenvalue weighted by Crippen LogP contribution is 2.24. The van der Waals surface area contributed by atoms with Crippen molar-refractivity contribution in [2.75, 3.05) is 6.54 Å². The summed E-state index contributed by atoms with van der Waals surface area (Å²) in [6.45, 7) is 5.56. The van der Waals surface area contributed by atoms with Gasteiger partial charge < -0.3 is 15.2 Å². The van der Waals surface area contributed by atoms with Crippen LogP contribution in [0.3, 0.4) is 0 Å². The van der Waals surface area contributed by atoms with Crippen LogP contribution in [0.5, 0.6) is 0 Å². The molecule has 1 aliphatic rings. The van der Waals surface area contributed by atoms with Gasteiger partial charge in [-0.15, -0.1) is 0 Å². The number of aromatic nitrogens is 1. The lowest BCUT2D eigenvalue weighted by Crippen LogP contribution is -2.52. The molecule has 1 saturated heterocycles. The Morgan fingerprint density at radius 2 is 2.28 bits per heavy atom. The van der Waals surface area contributed by atoms with Crippen LogP contribution in [0.2, 0.25) is 0 Å². The predicted octanol–water partition coefficient (Wildman–Crippen LogP) is 1.85. The highest BCUT2D eigenvalue weighted by molar-refractivity contribution is 5.93. The van der Waals surface area contributed by atoms with Crippen molar-refractivity contribution in [2.45, 2.75) is 51.7 Å². The fourth-order valence-corrected chi connectivity index (χ4v) is 2.90. The van der Waals surface area contributed by atoms with E-state index in [1.54, 1.807) is 0 Å². The normalized spacial score (nSPS) is 24.3. The Bertz CT molecular complexity index is 413. The van der Waals surface area contributed by atoms with Gasteiger partial charge in [-0.25, -0.2) is 0 Å². The van der Waals surface area contributed by atoms with Gasteiger partial charge in [-0.05, 0) is 45.2 Å². The largest absolute Gasteiger partial charge is 0.344 e. The third kappa shape index (κ3) is 2.29. The first kappa shape index (κ1) is 13.1. The molecule has 1 aliphatic heterocycles. The first-order chi connectivity index (χ1) is 8.69. The van der Waals surface area contributed by atoms with Crippen LogP contribution in [0.25, 0.3) is 0 Å². The van der Waals surface area contributed by atoms with Crippen LogP contribution in [-0.2, 0) is 6.54 Å². The molecule has 4 heteroatoms. The van der Waals surface area contributed by atoms with Gasteiger partial charge in [0.15, 0.2) is 0 Å². The molecule has 0 aliphatic carbocycles. The third-order valence-corrected chi connectivity index (χ3v) is 3.92. The third-order valence-electron chi connectivity index (χ3n) is 3.92. The van der Waals surface area contributed by atoms with E-state index in [1.807, 2.05) is 27.8 Å². The Morgan fingerprint density at radius 1 is 1.50 bits per heavy atom. The van der Waals surface area contributed by atoms with Crippen molar-refractivity contribution < 1.29 is 4.79 Å². The van der Waals surface area contributed by atoms with Crippen LogP contribution in [0.15, 0.2) is 18.3 Å². The van der Waals surface area contributed by atoms with E-state index >= 15 is 0 Å². The van der Waals surface area contributed by atoms with E-state index in [9.17, 15) is 4.79 Å². The summed E-state index contributed by atoms with van der Waals surface area (Å²) < 4.78 is 2.00. The molecule has 0 saturated carbocycles. The molecule has 1 amide bonds. The lowest BCUT2D eigenvalue weighted by atomic mass is 9.96. The van der Waals surface area contributed by atoms with Crippen molar-refractivity contribution in [3.63, 3.8) is 0 Å². The van der Waals surface area contributed by atoms with E-state index in [0.29, 0.717) is 12.6 Å². The highest BCUT2D eigenvalue weighted by atomic mass is 16.2. The molecule has 18 heavy (non-hydrogen) atoms. The number of hydrogen-bond acceptors (Lipinski definition) is 2. The summed E-state index contributed by atoms with van der Waals surface area (Å²) in [7, 11) is 0. The maximum Gasteiger partial charge on any atom is 0.271 e. The molecule has 2 rings (SSSR count). The summed E-state index contributed by atoms with van der Waals surface area (Å²) >= 11 is 0. The Labute approximate surface area is 109 Å². The Hall–Kier alpha value is -1.29. The van der Waals surface area contributed by atoms with Gasteiger partial charge in [-0.1, -0.05) is 0 Å². The van der Waals surface area contributed by atoms with Crippen LogP contribution in [0.4, 0.5) is 0 Å². The average molecular weight is 249 g/mol. The number of nitrogens with two attached hydrogens (primary N) is 1. The quantitative estimate of drug-likeness (QED) is 0.888. The van der Waals surface area contributed by atoms with Gasteiger partial charge in [0.05, 0.1) is 0 Å². The van der Waals surface area contributed by atoms with Gasteiger partial charge in [0.1, 0.15) is 5.69 Å². The SMILES string of the molecule is CCn1cccc1C(=O)N1C(C)CCCC1CN. The standard InChI is InChI=1S/C14H23N3O/c1-3-16-9-5-8-13(16)14(18)17-11(2)6-4-7-12(17)10-15/h5,8-9,11-12H,3-4,6-7,10,15H2,1-2H3. The molecular formula is C14H23N3O. The second kappa shape index (κ2) is 5.57. The summed E-state index contributed by atoms with van der Waals surface area (Å²) in [5, 5.41) is 0. The van der Waals surface area contributed by atoms with Gasteiger partial charge in [-0.2, -0.15) is 0 Å². The topological polar surface area (TPSA) is 51.3 Å². The molecule has 100 valence electrons. The van der Waals surface area contributed by atoms with E-state index in [2.05, 4.69) is 13.8 Å². The first-order valence-corrected chi connectivity index (χ1v) is 6.86. The van der Waals surface area contributed by atoms with Gasteiger partial charge in [0.2, 0.25) is 0 Å². The van der Waals surface area contributed by atoms with E-state index in [-0.39, 0.29) is 11.9 Å². The Morgan fingerprint density at radius 3 is 2.94 bits per heavy atom. The first-order valence-electron chi connectivity index (χ1n) is 6.86. The number of aryl methyl sites for hydroxylation is 1. The molecule has 2 N–H and O–H groups in total. The Kier molecular flexibility index (Phi) is 4.07. The average Bonchev–Trinajstić information content (AvgIpc) is 2.85. The van der Waals surface area contributed by atoms with Crippen LogP contribution < -0.4 is 5.73 Å². The van der Waals surface area contributed by atoms with Crippen LogP contribution in [-0.4, -0.2) is 34.0 Å². The van der Waals surface area contributed by atoms with Crippen molar-refractivity contribution >= 4 is 5.91 Å². The van der Waals surface area contributed by atoms with E-state index in [0.717, 1.165) is 25.1 Å². The molecule has 4 nitrogen and oxygen atoms in total. The van der Waals surface area contributed by atoms with Gasteiger partial charge in [0, 0.05) is 31.4 Å². The molecule has 0 radical (unpaired) electrons. The number of nitrogens with zero attached hydrogens (tertiary/aromatic N) is 2. The number of piperidine rings is 1. The molecule has 1 aromatic rings. The van der Waals surface area contributed by atoms with Crippen molar-refractivity contribution in [1.82, 2.24) is 9.47 Å². The van der Waals surface area contributed by atoms with Gasteiger partial charge in [0.25, 0.3) is 5.91 Å². The van der Waals surface area contributed by atoms with Crippen molar-refractivity contribution in [3.05, 3.63) is 24.0 Å². The monoisotopic (exact) mass is 249 g/mol. The minimum atomic E-state index is 0.129. The lowest BCUT2D eigenvalue weighted by Gasteiger charge is -2.40. The molecule has 1 aromatic heterocycles. The Balaban J connectivity index is 2.25. The number of hydrogen-bond donors (Lipinski definition) is 1. The zero-order chi connectivity index (χ0) is 13.1. The molecule has 2 atom stereocenters. The number of carbonyl (C=O) groups is 1. The van der Waals surface area contributed by atoms with E-state index < -0.39 is 0 Å². The zero-order valence-corrected chi connectivity index (χ0v) is 11.3. The minimum absolute atomic E-state index is 0.129. The summed E-state index contributed by atoms with van der Waals surface area (Å²) in [6, 6.07) is 4.32. The van der Waals surface area contributed by atoms with Crippen molar-refractivity contribution in [2.24, 2.45) is 5.73 Å². The summed E-state index contributed by atoms with van der Waals surface area (Å²) in [4.78, 5) is 14.7. The maximum absolute atomic E-state index is 12.7. The lowest BCUT2D eigenvalue weighted by molar-refractivity contribution is 0.0483. The number of amides is 1. The number of carbonyl (C=O) groups excluding carboxylic acids is 1. The highest BCUT2D eigenvalue weighted by Gasteiger charge is 2.32. The molecule has 2 unspecified atom stereocenters. The maximum atomic E-state index is 12.7. The smallest absolute Gasteiger partial charge is 0.271 e. The molecule has 2 heterocycles. The van der Waals surface area contributed by atoms with Crippen molar-refractivity contribution in [1.29, 1.82) is 0 Å². The number of rotatable bonds is 3. The van der Waals surface area contributed by atoms with E-state index in [4.69, 9.17) is 5.73 Å². The van der Waals surface area contributed by atoms with Crippen molar-refractivity contribution in [3.8, 4) is 0 Å².